The summed E-state index contributed by atoms with van der Waals surface area (Å²) >= 11 is 0. The Hall–Kier alpha value is -1.51. The number of rotatable bonds is 1. The van der Waals surface area contributed by atoms with Gasteiger partial charge in [0.25, 0.3) is 0 Å². The van der Waals surface area contributed by atoms with Gasteiger partial charge in [-0.05, 0) is 17.9 Å². The Balaban J connectivity index is 0.000000283. The van der Waals surface area contributed by atoms with Crippen LogP contribution in [0.4, 0.5) is 0 Å². The number of hydrogen-bond donors (Lipinski definition) is 0. The zero-order valence-electron chi connectivity index (χ0n) is 8.22. The molecule has 0 N–H and O–H groups in total. The number of benzene rings is 1. The number of pyridine rings is 1. The van der Waals surface area contributed by atoms with E-state index in [0.717, 1.165) is 0 Å². The molecular weight excluding hydrogens is 382 g/mol. The first kappa shape index (κ1) is 14.5. The van der Waals surface area contributed by atoms with E-state index in [1.54, 1.807) is 6.07 Å². The smallest absolute Gasteiger partial charge is 0.619 e. The first-order valence-electron chi connectivity index (χ1n) is 4.26. The third-order valence-electron chi connectivity index (χ3n) is 1.41. The molecule has 0 bridgehead atoms. The molecule has 0 saturated carbocycles. The van der Waals surface area contributed by atoms with Crippen LogP contribution < -0.4 is 5.11 Å². The van der Waals surface area contributed by atoms with Gasteiger partial charge in [0.1, 0.15) is 0 Å². The largest absolute Gasteiger partial charge is 3.00 e. The number of aromatic nitrogens is 1. The summed E-state index contributed by atoms with van der Waals surface area (Å²) in [6.45, 7) is 0. The summed E-state index contributed by atoms with van der Waals surface area (Å²) in [7, 11) is 0. The summed E-state index contributed by atoms with van der Waals surface area (Å²) in [5.41, 5.74) is -0.155. The maximum atomic E-state index is 10.00. The van der Waals surface area contributed by atoms with Crippen molar-refractivity contribution in [3.05, 3.63) is 66.5 Å². The number of carbonyl (C=O) groups excluding carboxylic acids is 1. The van der Waals surface area contributed by atoms with Crippen molar-refractivity contribution in [3.8, 4) is 0 Å². The van der Waals surface area contributed by atoms with Gasteiger partial charge in [-0.15, -0.1) is 6.07 Å². The van der Waals surface area contributed by atoms with Crippen LogP contribution in [-0.4, -0.2) is 11.0 Å². The van der Waals surface area contributed by atoms with Crippen LogP contribution >= 0.6 is 0 Å². The van der Waals surface area contributed by atoms with Crippen LogP contribution in [0, 0.1) is 12.1 Å². The predicted molar refractivity (Wildman–Crippen MR) is 52.7 cm³/mol. The Morgan fingerprint density at radius 1 is 1.12 bits per heavy atom. The monoisotopic (exact) mass is 391 g/mol. The maximum Gasteiger partial charge on any atom is 3.00 e. The van der Waals surface area contributed by atoms with E-state index in [0.29, 0.717) is 0 Å². The molecule has 2 aromatic rings. The van der Waals surface area contributed by atoms with E-state index in [-0.39, 0.29) is 25.8 Å². The van der Waals surface area contributed by atoms with Crippen molar-refractivity contribution in [1.29, 1.82) is 0 Å². The number of carboxylic acids is 1. The van der Waals surface area contributed by atoms with Crippen LogP contribution in [0.2, 0.25) is 0 Å². The molecule has 0 aliphatic heterocycles. The molecule has 4 heteroatoms. The van der Waals surface area contributed by atoms with Crippen molar-refractivity contribution in [2.75, 3.05) is 0 Å². The molecule has 82 valence electrons. The predicted octanol–water partition coefficient (Wildman–Crippen LogP) is 0.730. The van der Waals surface area contributed by atoms with E-state index in [9.17, 15) is 9.90 Å². The molecule has 0 fully saturated rings. The number of hydrogen-bond acceptors (Lipinski definition) is 3. The van der Waals surface area contributed by atoms with Crippen molar-refractivity contribution in [2.24, 2.45) is 0 Å². The Morgan fingerprint density at radius 2 is 1.81 bits per heavy atom. The van der Waals surface area contributed by atoms with Gasteiger partial charge >= 0.3 is 20.1 Å². The maximum absolute atomic E-state index is 10.00. The Bertz CT molecular complexity index is 366. The minimum Gasteiger partial charge on any atom is -0.619 e. The van der Waals surface area contributed by atoms with E-state index in [4.69, 9.17) is 0 Å². The number of nitrogens with zero attached hydrogens (tertiary/aromatic N) is 1. The average molecular weight is 390 g/mol. The third kappa shape index (κ3) is 6.06. The first-order valence-corrected chi connectivity index (χ1v) is 4.26. The van der Waals surface area contributed by atoms with E-state index < -0.39 is 5.97 Å². The van der Waals surface area contributed by atoms with Crippen LogP contribution in [0.5, 0.6) is 0 Å². The van der Waals surface area contributed by atoms with E-state index in [1.807, 2.05) is 30.3 Å². The summed E-state index contributed by atoms with van der Waals surface area (Å²) in [4.78, 5) is 13.5. The fourth-order valence-corrected chi connectivity index (χ4v) is 0.778. The molecule has 16 heavy (non-hydrogen) atoms. The summed E-state index contributed by atoms with van der Waals surface area (Å²) in [5, 5.41) is 10.00. The second kappa shape index (κ2) is 8.77. The molecule has 0 atom stereocenters. The molecule has 0 aliphatic rings. The molecule has 0 spiro atoms. The van der Waals surface area contributed by atoms with E-state index in [1.165, 1.54) is 12.3 Å². The van der Waals surface area contributed by atoms with E-state index in [2.05, 4.69) is 17.1 Å². The van der Waals surface area contributed by atoms with Gasteiger partial charge in [0.15, 0.2) is 0 Å². The topological polar surface area (TPSA) is 53.0 Å². The van der Waals surface area contributed by atoms with Crippen molar-refractivity contribution < 1.29 is 30.0 Å². The second-order valence-electron chi connectivity index (χ2n) is 2.50. The number of carboxylic acid groups (broad SMARTS) is 1. The van der Waals surface area contributed by atoms with Gasteiger partial charge in [0.2, 0.25) is 0 Å². The minimum atomic E-state index is -1.30. The Labute approximate surface area is 108 Å². The third-order valence-corrected chi connectivity index (χ3v) is 1.41. The van der Waals surface area contributed by atoms with Gasteiger partial charge in [-0.2, -0.15) is 48.5 Å². The van der Waals surface area contributed by atoms with Crippen molar-refractivity contribution in [3.63, 3.8) is 0 Å². The summed E-state index contributed by atoms with van der Waals surface area (Å²) < 4.78 is 0. The number of carbonyl (C=O) groups is 1. The zero-order chi connectivity index (χ0) is 10.9. The van der Waals surface area contributed by atoms with Crippen LogP contribution in [0.3, 0.4) is 0 Å². The Morgan fingerprint density at radius 3 is 2.06 bits per heavy atom. The van der Waals surface area contributed by atoms with Gasteiger partial charge in [0, 0.05) is 0 Å². The molecule has 0 aliphatic carbocycles. The first-order chi connectivity index (χ1) is 7.30. The standard InChI is InChI=1S/C6H4NO2.C6H5.Ir/c8-6(9)5-3-1-2-4-7-5;1-2-4-6-5-3-1;/h1-2,4H,(H,8,9);1-5H;/q2*-1;+3/p-1. The van der Waals surface area contributed by atoms with Crippen LogP contribution in [-0.2, 0) is 20.1 Å². The fraction of sp³-hybridized carbons (Fsp3) is 0. The van der Waals surface area contributed by atoms with Gasteiger partial charge in [0.05, 0.1) is 0 Å². The van der Waals surface area contributed by atoms with Gasteiger partial charge < -0.3 is 9.90 Å². The average Bonchev–Trinajstić information content (AvgIpc) is 2.33. The van der Waals surface area contributed by atoms with Gasteiger partial charge in [-0.1, -0.05) is 0 Å². The Kier molecular flexibility index (Phi) is 7.94. The molecule has 0 unspecified atom stereocenters. The van der Waals surface area contributed by atoms with Crippen LogP contribution in [0.15, 0.2) is 48.7 Å². The molecular formula is C12H8IrNO2. The van der Waals surface area contributed by atoms with Gasteiger partial charge in [-0.3, -0.25) is 4.98 Å². The molecule has 0 radical (unpaired) electrons. The van der Waals surface area contributed by atoms with Crippen molar-refractivity contribution in [1.82, 2.24) is 4.98 Å². The number of aromatic carboxylic acids is 1. The molecule has 2 rings (SSSR count). The summed E-state index contributed by atoms with van der Waals surface area (Å²) in [6, 6.07) is 18.0. The van der Waals surface area contributed by atoms with Crippen LogP contribution in [0.1, 0.15) is 10.5 Å². The molecule has 1 aromatic carbocycles. The van der Waals surface area contributed by atoms with E-state index >= 15 is 0 Å². The zero-order valence-corrected chi connectivity index (χ0v) is 10.6. The second-order valence-corrected chi connectivity index (χ2v) is 2.50. The fourth-order valence-electron chi connectivity index (χ4n) is 0.778. The van der Waals surface area contributed by atoms with Crippen LogP contribution in [0.25, 0.3) is 0 Å². The molecule has 3 nitrogen and oxygen atoms in total. The quantitative estimate of drug-likeness (QED) is 0.675. The normalized spacial score (nSPS) is 8.00. The van der Waals surface area contributed by atoms with Crippen molar-refractivity contribution in [2.45, 2.75) is 0 Å². The summed E-state index contributed by atoms with van der Waals surface area (Å²) in [6.07, 6.45) is 1.38. The van der Waals surface area contributed by atoms with Gasteiger partial charge in [-0.25, -0.2) is 0 Å². The molecule has 0 saturated heterocycles. The minimum absolute atomic E-state index is 0. The molecule has 0 amide bonds. The molecule has 1 heterocycles. The summed E-state index contributed by atoms with van der Waals surface area (Å²) in [5.74, 6) is -1.30. The van der Waals surface area contributed by atoms with Crippen molar-refractivity contribution >= 4 is 5.97 Å². The molecule has 1 aromatic heterocycles. The SMILES string of the molecule is O=C([O-])c1[c-]cccn1.[Ir+3].[c-]1ccccc1.